The molecule has 2 aliphatic rings. The van der Waals surface area contributed by atoms with Crippen molar-refractivity contribution in [1.82, 2.24) is 14.8 Å². The van der Waals surface area contributed by atoms with E-state index in [0.29, 0.717) is 37.5 Å². The number of rotatable bonds is 2. The normalized spacial score (nSPS) is 24.5. The summed E-state index contributed by atoms with van der Waals surface area (Å²) in [5, 5.41) is 0. The highest BCUT2D eigenvalue weighted by atomic mass is 16.6. The van der Waals surface area contributed by atoms with Crippen LogP contribution in [-0.2, 0) is 4.74 Å². The standard InChI is InChI=1S/C16H21N3O4/c1-18-11-16(23-15(18)21)5-3-8-19(9-6-16)14(20)12-4-7-17-13(10-12)22-2/h4,7,10H,3,5-6,8-9,11H2,1-2H3. The molecule has 2 fully saturated rings. The van der Waals surface area contributed by atoms with Gasteiger partial charge in [-0.05, 0) is 18.9 Å². The average Bonchev–Trinajstić information content (AvgIpc) is 2.73. The summed E-state index contributed by atoms with van der Waals surface area (Å²) in [6.07, 6.45) is 3.56. The van der Waals surface area contributed by atoms with Gasteiger partial charge in [0.2, 0.25) is 5.88 Å². The second kappa shape index (κ2) is 6.06. The fourth-order valence-corrected chi connectivity index (χ4v) is 3.26. The number of hydrogen-bond donors (Lipinski definition) is 0. The van der Waals surface area contributed by atoms with Crippen LogP contribution in [0.25, 0.3) is 0 Å². The van der Waals surface area contributed by atoms with Crippen LogP contribution in [0.4, 0.5) is 4.79 Å². The van der Waals surface area contributed by atoms with E-state index in [9.17, 15) is 9.59 Å². The minimum absolute atomic E-state index is 0.0413. The van der Waals surface area contributed by atoms with E-state index < -0.39 is 5.60 Å². The lowest BCUT2D eigenvalue weighted by molar-refractivity contribution is 0.0438. The molecule has 0 bridgehead atoms. The lowest BCUT2D eigenvalue weighted by atomic mass is 9.95. The summed E-state index contributed by atoms with van der Waals surface area (Å²) in [6, 6.07) is 3.33. The molecule has 0 aliphatic carbocycles. The topological polar surface area (TPSA) is 72.0 Å². The van der Waals surface area contributed by atoms with E-state index in [1.807, 2.05) is 4.90 Å². The minimum atomic E-state index is -0.448. The van der Waals surface area contributed by atoms with Gasteiger partial charge >= 0.3 is 6.09 Å². The van der Waals surface area contributed by atoms with E-state index >= 15 is 0 Å². The van der Waals surface area contributed by atoms with Gasteiger partial charge in [0.25, 0.3) is 5.91 Å². The Bertz CT molecular complexity index is 621. The first-order chi connectivity index (χ1) is 11.0. The maximum Gasteiger partial charge on any atom is 0.410 e. The molecular weight excluding hydrogens is 298 g/mol. The average molecular weight is 319 g/mol. The number of likely N-dealkylation sites (N-methyl/N-ethyl adjacent to an activating group) is 1. The molecule has 1 spiro atoms. The predicted octanol–water partition coefficient (Wildman–Crippen LogP) is 1.54. The van der Waals surface area contributed by atoms with Crippen molar-refractivity contribution >= 4 is 12.0 Å². The molecule has 124 valence electrons. The van der Waals surface area contributed by atoms with E-state index in [0.717, 1.165) is 12.8 Å². The molecule has 3 heterocycles. The fourth-order valence-electron chi connectivity index (χ4n) is 3.26. The molecule has 2 amide bonds. The molecule has 7 heteroatoms. The van der Waals surface area contributed by atoms with Gasteiger partial charge < -0.3 is 19.3 Å². The van der Waals surface area contributed by atoms with Gasteiger partial charge in [-0.3, -0.25) is 4.79 Å². The van der Waals surface area contributed by atoms with Crippen LogP contribution in [0.3, 0.4) is 0 Å². The van der Waals surface area contributed by atoms with E-state index in [1.54, 1.807) is 30.3 Å². The van der Waals surface area contributed by atoms with Crippen molar-refractivity contribution < 1.29 is 19.1 Å². The van der Waals surface area contributed by atoms with E-state index in [2.05, 4.69) is 4.98 Å². The molecule has 0 N–H and O–H groups in total. The Morgan fingerprint density at radius 2 is 2.22 bits per heavy atom. The lowest BCUT2D eigenvalue weighted by Gasteiger charge is -2.25. The summed E-state index contributed by atoms with van der Waals surface area (Å²) in [7, 11) is 3.27. The number of carbonyl (C=O) groups is 2. The Morgan fingerprint density at radius 3 is 2.91 bits per heavy atom. The van der Waals surface area contributed by atoms with Gasteiger partial charge in [0, 0.05) is 44.4 Å². The van der Waals surface area contributed by atoms with Crippen LogP contribution in [-0.4, -0.2) is 66.2 Å². The number of aromatic nitrogens is 1. The van der Waals surface area contributed by atoms with Gasteiger partial charge in [0.05, 0.1) is 13.7 Å². The molecule has 1 aromatic heterocycles. The minimum Gasteiger partial charge on any atom is -0.481 e. The number of amides is 2. The molecule has 23 heavy (non-hydrogen) atoms. The van der Waals surface area contributed by atoms with E-state index in [-0.39, 0.29) is 12.0 Å². The van der Waals surface area contributed by atoms with E-state index in [1.165, 1.54) is 7.11 Å². The summed E-state index contributed by atoms with van der Waals surface area (Å²) in [5.41, 5.74) is 0.116. The summed E-state index contributed by atoms with van der Waals surface area (Å²) in [5.74, 6) is 0.383. The van der Waals surface area contributed by atoms with Crippen molar-refractivity contribution in [3.8, 4) is 5.88 Å². The molecule has 1 atom stereocenters. The molecule has 0 radical (unpaired) electrons. The van der Waals surface area contributed by atoms with Gasteiger partial charge in [-0.15, -0.1) is 0 Å². The summed E-state index contributed by atoms with van der Waals surface area (Å²) in [4.78, 5) is 31.8. The van der Waals surface area contributed by atoms with Crippen molar-refractivity contribution in [2.75, 3.05) is 33.8 Å². The number of ether oxygens (including phenoxy) is 2. The largest absolute Gasteiger partial charge is 0.481 e. The molecule has 3 rings (SSSR count). The van der Waals surface area contributed by atoms with Crippen LogP contribution in [0.1, 0.15) is 29.6 Å². The van der Waals surface area contributed by atoms with Gasteiger partial charge in [-0.1, -0.05) is 0 Å². The Kier molecular flexibility index (Phi) is 4.11. The Balaban J connectivity index is 1.70. The third-order valence-corrected chi connectivity index (χ3v) is 4.52. The third kappa shape index (κ3) is 3.09. The van der Waals surface area contributed by atoms with Gasteiger partial charge in [-0.25, -0.2) is 9.78 Å². The number of likely N-dealkylation sites (tertiary alicyclic amines) is 1. The maximum atomic E-state index is 12.7. The van der Waals surface area contributed by atoms with Crippen LogP contribution < -0.4 is 4.74 Å². The van der Waals surface area contributed by atoms with E-state index in [4.69, 9.17) is 9.47 Å². The van der Waals surface area contributed by atoms with Crippen LogP contribution in [0, 0.1) is 0 Å². The second-order valence-corrected chi connectivity index (χ2v) is 6.14. The van der Waals surface area contributed by atoms with Crippen LogP contribution in [0.15, 0.2) is 18.3 Å². The van der Waals surface area contributed by atoms with Gasteiger partial charge in [0.1, 0.15) is 5.60 Å². The Labute approximate surface area is 135 Å². The van der Waals surface area contributed by atoms with Crippen molar-refractivity contribution in [2.24, 2.45) is 0 Å². The molecule has 1 aromatic rings. The monoisotopic (exact) mass is 319 g/mol. The first-order valence-electron chi connectivity index (χ1n) is 7.76. The Hall–Kier alpha value is -2.31. The molecular formula is C16H21N3O4. The fraction of sp³-hybridized carbons (Fsp3) is 0.562. The number of carbonyl (C=O) groups excluding carboxylic acids is 2. The van der Waals surface area contributed by atoms with Crippen molar-refractivity contribution in [3.63, 3.8) is 0 Å². The first kappa shape index (κ1) is 15.6. The third-order valence-electron chi connectivity index (χ3n) is 4.52. The maximum absolute atomic E-state index is 12.7. The highest BCUT2D eigenvalue weighted by Crippen LogP contribution is 2.32. The van der Waals surface area contributed by atoms with Gasteiger partial charge in [-0.2, -0.15) is 0 Å². The number of methoxy groups -OCH3 is 1. The van der Waals surface area contributed by atoms with Crippen molar-refractivity contribution in [3.05, 3.63) is 23.9 Å². The van der Waals surface area contributed by atoms with Crippen molar-refractivity contribution in [2.45, 2.75) is 24.9 Å². The lowest BCUT2D eigenvalue weighted by Crippen LogP contribution is -2.36. The SMILES string of the molecule is COc1cc(C(=O)N2CCCC3(CC2)CN(C)C(=O)O3)ccn1. The second-order valence-electron chi connectivity index (χ2n) is 6.14. The number of hydrogen-bond acceptors (Lipinski definition) is 5. The highest BCUT2D eigenvalue weighted by Gasteiger charge is 2.44. The summed E-state index contributed by atoms with van der Waals surface area (Å²) >= 11 is 0. The zero-order valence-corrected chi connectivity index (χ0v) is 13.4. The predicted molar refractivity (Wildman–Crippen MR) is 82.4 cm³/mol. The molecule has 0 saturated carbocycles. The molecule has 0 aromatic carbocycles. The summed E-state index contributed by atoms with van der Waals surface area (Å²) < 4.78 is 10.6. The first-order valence-corrected chi connectivity index (χ1v) is 7.76. The highest BCUT2D eigenvalue weighted by molar-refractivity contribution is 5.94. The van der Waals surface area contributed by atoms with Crippen LogP contribution in [0.5, 0.6) is 5.88 Å². The van der Waals surface area contributed by atoms with Gasteiger partial charge in [0.15, 0.2) is 0 Å². The zero-order valence-electron chi connectivity index (χ0n) is 13.4. The molecule has 2 aliphatic heterocycles. The zero-order chi connectivity index (χ0) is 16.4. The van der Waals surface area contributed by atoms with Crippen LogP contribution in [0.2, 0.25) is 0 Å². The molecule has 1 unspecified atom stereocenters. The molecule has 7 nitrogen and oxygen atoms in total. The quantitative estimate of drug-likeness (QED) is 0.827. The summed E-state index contributed by atoms with van der Waals surface area (Å²) in [6.45, 7) is 1.83. The smallest absolute Gasteiger partial charge is 0.410 e. The van der Waals surface area contributed by atoms with Crippen LogP contribution >= 0.6 is 0 Å². The number of pyridine rings is 1. The van der Waals surface area contributed by atoms with Crippen molar-refractivity contribution in [1.29, 1.82) is 0 Å². The number of nitrogens with zero attached hydrogens (tertiary/aromatic N) is 3. The molecule has 2 saturated heterocycles. The Morgan fingerprint density at radius 1 is 1.39 bits per heavy atom.